The molecule has 3 aliphatic rings. The van der Waals surface area contributed by atoms with Crippen molar-refractivity contribution in [2.45, 2.75) is 115 Å². The highest BCUT2D eigenvalue weighted by Gasteiger charge is 2.46. The molecule has 6 atom stereocenters. The van der Waals surface area contributed by atoms with Gasteiger partial charge in [0.1, 0.15) is 0 Å². The number of ether oxygens (including phenoxy) is 3. The number of hydrogen-bond acceptors (Lipinski definition) is 5. The standard InChI is InChI=1S/C27H43FO5/c1-3-4-10-23(28)24(29)14-13-21-22-17-19(9-5-6-11-26(30)31-2)16-20(22)18-25(21)33-27-12-7-8-15-32-27/h16,20-23,25,27H,3-15,17-18H2,1-2H3/t20-,21+,22-,23?,25+,27?/m0/s1. The third-order valence-electron chi connectivity index (χ3n) is 7.74. The molecule has 0 aromatic rings. The third-order valence-corrected chi connectivity index (χ3v) is 7.74. The van der Waals surface area contributed by atoms with Crippen molar-refractivity contribution in [2.24, 2.45) is 17.8 Å². The maximum absolute atomic E-state index is 14.3. The number of Topliss-reactive ketones (excluding diaryl/α,β-unsaturated/α-hetero) is 1. The summed E-state index contributed by atoms with van der Waals surface area (Å²) in [4.78, 5) is 23.7. The molecule has 0 aromatic carbocycles. The van der Waals surface area contributed by atoms with Crippen LogP contribution in [-0.2, 0) is 23.8 Å². The number of ketones is 1. The van der Waals surface area contributed by atoms with Gasteiger partial charge in [-0.2, -0.15) is 0 Å². The van der Waals surface area contributed by atoms with Gasteiger partial charge in [0.15, 0.2) is 18.2 Å². The van der Waals surface area contributed by atoms with Gasteiger partial charge in [-0.1, -0.05) is 31.4 Å². The molecule has 5 nitrogen and oxygen atoms in total. The van der Waals surface area contributed by atoms with E-state index in [1.165, 1.54) is 12.7 Å². The van der Waals surface area contributed by atoms with Crippen LogP contribution in [0.4, 0.5) is 4.39 Å². The van der Waals surface area contributed by atoms with Crippen molar-refractivity contribution in [3.8, 4) is 0 Å². The van der Waals surface area contributed by atoms with Crippen molar-refractivity contribution >= 4 is 11.8 Å². The summed E-state index contributed by atoms with van der Waals surface area (Å²) >= 11 is 0. The van der Waals surface area contributed by atoms with Gasteiger partial charge >= 0.3 is 5.97 Å². The topological polar surface area (TPSA) is 61.8 Å². The fraction of sp³-hybridized carbons (Fsp3) is 0.852. The lowest BCUT2D eigenvalue weighted by Crippen LogP contribution is -2.32. The summed E-state index contributed by atoms with van der Waals surface area (Å²) in [5.41, 5.74) is 1.46. The Labute approximate surface area is 198 Å². The minimum atomic E-state index is -1.32. The zero-order chi connectivity index (χ0) is 23.6. The maximum atomic E-state index is 14.3. The number of rotatable bonds is 14. The molecule has 0 N–H and O–H groups in total. The van der Waals surface area contributed by atoms with Gasteiger partial charge in [0.05, 0.1) is 13.2 Å². The monoisotopic (exact) mass is 466 g/mol. The summed E-state index contributed by atoms with van der Waals surface area (Å²) < 4.78 is 31.2. The van der Waals surface area contributed by atoms with Crippen molar-refractivity contribution < 1.29 is 28.2 Å². The van der Waals surface area contributed by atoms with E-state index >= 15 is 0 Å². The molecule has 0 spiro atoms. The molecule has 1 saturated heterocycles. The normalized spacial score (nSPS) is 30.0. The van der Waals surface area contributed by atoms with Crippen molar-refractivity contribution in [1.82, 2.24) is 0 Å². The van der Waals surface area contributed by atoms with Gasteiger partial charge < -0.3 is 14.2 Å². The second-order valence-corrected chi connectivity index (χ2v) is 10.1. The first-order chi connectivity index (χ1) is 16.0. The van der Waals surface area contributed by atoms with Crippen LogP contribution in [0.15, 0.2) is 11.6 Å². The molecule has 1 aliphatic heterocycles. The van der Waals surface area contributed by atoms with E-state index in [1.807, 2.05) is 6.92 Å². The molecule has 3 rings (SSSR count). The first-order valence-corrected chi connectivity index (χ1v) is 13.2. The van der Waals surface area contributed by atoms with Crippen LogP contribution in [-0.4, -0.2) is 44.0 Å². The number of unbranched alkanes of at least 4 members (excludes halogenated alkanes) is 2. The fourth-order valence-corrected chi connectivity index (χ4v) is 5.87. The minimum Gasteiger partial charge on any atom is -0.469 e. The maximum Gasteiger partial charge on any atom is 0.305 e. The molecule has 6 heteroatoms. The van der Waals surface area contributed by atoms with Gasteiger partial charge in [-0.3, -0.25) is 9.59 Å². The minimum absolute atomic E-state index is 0.0849. The molecule has 0 aromatic heterocycles. The number of alkyl halides is 1. The molecule has 1 saturated carbocycles. The van der Waals surface area contributed by atoms with E-state index in [1.54, 1.807) is 0 Å². The zero-order valence-corrected chi connectivity index (χ0v) is 20.6. The Balaban J connectivity index is 1.54. The molecule has 2 unspecified atom stereocenters. The number of allylic oxidation sites excluding steroid dienone is 2. The van der Waals surface area contributed by atoms with Gasteiger partial charge in [0, 0.05) is 19.4 Å². The number of halogens is 1. The number of hydrogen-bond donors (Lipinski definition) is 0. The van der Waals surface area contributed by atoms with Crippen molar-refractivity contribution in [2.75, 3.05) is 13.7 Å². The number of carbonyl (C=O) groups excluding carboxylic acids is 2. The highest BCUT2D eigenvalue weighted by molar-refractivity contribution is 5.82. The molecule has 1 heterocycles. The number of fused-ring (bicyclic) bond motifs is 1. The smallest absolute Gasteiger partial charge is 0.305 e. The van der Waals surface area contributed by atoms with E-state index in [-0.39, 0.29) is 30.1 Å². The van der Waals surface area contributed by atoms with Gasteiger partial charge in [-0.25, -0.2) is 4.39 Å². The lowest BCUT2D eigenvalue weighted by atomic mass is 9.85. The SMILES string of the molecule is CCCCC(F)C(=O)CC[C@@H]1[C@H]2CC(CCCCC(=O)OC)=C[C@H]2C[C@H]1OC1CCCCO1. The Morgan fingerprint density at radius 2 is 2.06 bits per heavy atom. The van der Waals surface area contributed by atoms with E-state index in [2.05, 4.69) is 6.08 Å². The van der Waals surface area contributed by atoms with E-state index in [0.29, 0.717) is 37.5 Å². The quantitative estimate of drug-likeness (QED) is 0.176. The zero-order valence-electron chi connectivity index (χ0n) is 20.6. The average molecular weight is 467 g/mol. The van der Waals surface area contributed by atoms with Gasteiger partial charge in [0.25, 0.3) is 0 Å². The molecule has 188 valence electrons. The summed E-state index contributed by atoms with van der Waals surface area (Å²) in [5.74, 6) is 0.818. The second kappa shape index (κ2) is 13.6. The predicted octanol–water partition coefficient (Wildman–Crippen LogP) is 6.09. The van der Waals surface area contributed by atoms with Crippen LogP contribution < -0.4 is 0 Å². The molecule has 33 heavy (non-hydrogen) atoms. The van der Waals surface area contributed by atoms with Gasteiger partial charge in [-0.05, 0) is 82.0 Å². The lowest BCUT2D eigenvalue weighted by molar-refractivity contribution is -0.196. The molecule has 2 aliphatic carbocycles. The molecule has 0 amide bonds. The van der Waals surface area contributed by atoms with E-state index in [0.717, 1.165) is 70.8 Å². The highest BCUT2D eigenvalue weighted by Crippen LogP contribution is 2.50. The van der Waals surface area contributed by atoms with Crippen LogP contribution >= 0.6 is 0 Å². The Bertz CT molecular complexity index is 657. The molecule has 2 fully saturated rings. The Morgan fingerprint density at radius 1 is 1.21 bits per heavy atom. The average Bonchev–Trinajstić information content (AvgIpc) is 3.36. The first-order valence-electron chi connectivity index (χ1n) is 13.2. The van der Waals surface area contributed by atoms with Gasteiger partial charge in [0.2, 0.25) is 0 Å². The van der Waals surface area contributed by atoms with Crippen molar-refractivity contribution in [3.05, 3.63) is 11.6 Å². The van der Waals surface area contributed by atoms with Crippen LogP contribution in [0.3, 0.4) is 0 Å². The Hall–Kier alpha value is -1.27. The molecule has 0 radical (unpaired) electrons. The van der Waals surface area contributed by atoms with Crippen molar-refractivity contribution in [1.29, 1.82) is 0 Å². The largest absolute Gasteiger partial charge is 0.469 e. The van der Waals surface area contributed by atoms with E-state index in [4.69, 9.17) is 14.2 Å². The van der Waals surface area contributed by atoms with Crippen molar-refractivity contribution in [3.63, 3.8) is 0 Å². The first kappa shape index (κ1) is 26.3. The summed E-state index contributed by atoms with van der Waals surface area (Å²) in [5, 5.41) is 0. The Kier molecular flexibility index (Phi) is 10.8. The van der Waals surface area contributed by atoms with Gasteiger partial charge in [-0.15, -0.1) is 0 Å². The summed E-state index contributed by atoms with van der Waals surface area (Å²) in [7, 11) is 1.43. The number of carbonyl (C=O) groups is 2. The summed E-state index contributed by atoms with van der Waals surface area (Å²) in [6.45, 7) is 2.77. The van der Waals surface area contributed by atoms with Crippen LogP contribution in [0.2, 0.25) is 0 Å². The lowest BCUT2D eigenvalue weighted by Gasteiger charge is -2.30. The fourth-order valence-electron chi connectivity index (χ4n) is 5.87. The van der Waals surface area contributed by atoms with Crippen LogP contribution in [0.1, 0.15) is 96.8 Å². The molecule has 0 bridgehead atoms. The number of methoxy groups -OCH3 is 1. The highest BCUT2D eigenvalue weighted by atomic mass is 19.1. The summed E-state index contributed by atoms with van der Waals surface area (Å²) in [6, 6.07) is 0. The summed E-state index contributed by atoms with van der Waals surface area (Å²) in [6.07, 6.45) is 12.5. The van der Waals surface area contributed by atoms with Crippen LogP contribution in [0, 0.1) is 17.8 Å². The van der Waals surface area contributed by atoms with Crippen LogP contribution in [0.25, 0.3) is 0 Å². The molecular weight excluding hydrogens is 423 g/mol. The second-order valence-electron chi connectivity index (χ2n) is 10.1. The molecular formula is C27H43FO5. The van der Waals surface area contributed by atoms with Crippen LogP contribution in [0.5, 0.6) is 0 Å². The van der Waals surface area contributed by atoms with E-state index in [9.17, 15) is 14.0 Å². The third kappa shape index (κ3) is 7.88. The Morgan fingerprint density at radius 3 is 2.79 bits per heavy atom. The predicted molar refractivity (Wildman–Crippen MR) is 125 cm³/mol. The number of esters is 1. The van der Waals surface area contributed by atoms with E-state index < -0.39 is 6.17 Å².